The minimum absolute atomic E-state index is 0.294. The van der Waals surface area contributed by atoms with E-state index >= 15 is 0 Å². The van der Waals surface area contributed by atoms with Gasteiger partial charge in [0.1, 0.15) is 29.4 Å². The Morgan fingerprint density at radius 3 is 2.47 bits per heavy atom. The van der Waals surface area contributed by atoms with Crippen molar-refractivity contribution < 1.29 is 14.9 Å². The maximum atomic E-state index is 10.7. The van der Waals surface area contributed by atoms with Crippen LogP contribution in [0.4, 0.5) is 0 Å². The maximum Gasteiger partial charge on any atom is 0.159 e. The summed E-state index contributed by atoms with van der Waals surface area (Å²) in [6.07, 6.45) is -0.724. The van der Waals surface area contributed by atoms with E-state index in [1.807, 2.05) is 25.3 Å². The number of thioether (sulfide) groups is 1. The standard InChI is InChI=1S/C24H26N6O3S/c1-2-25-24-26-20-22(32)21(31)19(33-23(20)34-24)13-29-11-14(27-28-29)12-30-17-9-5-3-7-15(17)16-8-4-6-10-18(16)30/h3-11,19-23,31-32H,2,12-13H2,1H3,(H,25,26). The summed E-state index contributed by atoms with van der Waals surface area (Å²) >= 11 is 1.45. The highest BCUT2D eigenvalue weighted by atomic mass is 32.2. The summed E-state index contributed by atoms with van der Waals surface area (Å²) in [6.45, 7) is 3.47. The fourth-order valence-corrected chi connectivity index (χ4v) is 6.07. The van der Waals surface area contributed by atoms with E-state index in [1.165, 1.54) is 22.5 Å². The van der Waals surface area contributed by atoms with Crippen LogP contribution in [0.2, 0.25) is 0 Å². The zero-order chi connectivity index (χ0) is 23.2. The summed E-state index contributed by atoms with van der Waals surface area (Å²) < 4.78 is 10.0. The number of nitrogens with one attached hydrogen (secondary N) is 1. The molecule has 2 aliphatic rings. The minimum atomic E-state index is -1.04. The van der Waals surface area contributed by atoms with Crippen LogP contribution in [0, 0.1) is 0 Å². The van der Waals surface area contributed by atoms with Gasteiger partial charge in [-0.05, 0) is 19.1 Å². The van der Waals surface area contributed by atoms with Gasteiger partial charge in [0.15, 0.2) is 5.17 Å². The molecule has 34 heavy (non-hydrogen) atoms. The number of aliphatic imine (C=N–C) groups is 1. The summed E-state index contributed by atoms with van der Waals surface area (Å²) in [7, 11) is 0. The lowest BCUT2D eigenvalue weighted by molar-refractivity contribution is -0.160. The van der Waals surface area contributed by atoms with Crippen molar-refractivity contribution in [2.75, 3.05) is 6.54 Å². The Balaban J connectivity index is 1.22. The molecule has 2 aliphatic heterocycles. The van der Waals surface area contributed by atoms with Gasteiger partial charge in [0.05, 0.1) is 25.3 Å². The maximum absolute atomic E-state index is 10.7. The lowest BCUT2D eigenvalue weighted by Crippen LogP contribution is -2.59. The number of amidine groups is 1. The third-order valence-electron chi connectivity index (χ3n) is 6.47. The summed E-state index contributed by atoms with van der Waals surface area (Å²) in [5.74, 6) is 0. The Kier molecular flexibility index (Phi) is 5.53. The predicted octanol–water partition coefficient (Wildman–Crippen LogP) is 1.96. The molecular formula is C24H26N6O3S. The van der Waals surface area contributed by atoms with Crippen molar-refractivity contribution in [3.63, 3.8) is 0 Å². The molecule has 6 rings (SSSR count). The van der Waals surface area contributed by atoms with Gasteiger partial charge in [-0.3, -0.25) is 4.99 Å². The SMILES string of the molecule is CCN=C1NC2C(OC(Cn3cc(Cn4c5ccccc5c5ccccc54)nn3)C(O)C2O)S1. The molecule has 4 aromatic rings. The summed E-state index contributed by atoms with van der Waals surface area (Å²) in [6, 6.07) is 16.3. The number of para-hydroxylation sites is 2. The van der Waals surface area contributed by atoms with E-state index in [0.29, 0.717) is 19.6 Å². The van der Waals surface area contributed by atoms with E-state index in [0.717, 1.165) is 21.9 Å². The van der Waals surface area contributed by atoms with E-state index in [-0.39, 0.29) is 11.5 Å². The normalized spacial score (nSPS) is 28.0. The van der Waals surface area contributed by atoms with Gasteiger partial charge in [-0.2, -0.15) is 0 Å². The van der Waals surface area contributed by atoms with Crippen molar-refractivity contribution in [1.29, 1.82) is 0 Å². The Morgan fingerprint density at radius 1 is 1.06 bits per heavy atom. The first-order valence-corrected chi connectivity index (χ1v) is 12.3. The molecule has 9 nitrogen and oxygen atoms in total. The topological polar surface area (TPSA) is 110 Å². The molecule has 0 radical (unpaired) electrons. The van der Waals surface area contributed by atoms with Crippen molar-refractivity contribution >= 4 is 38.7 Å². The van der Waals surface area contributed by atoms with Gasteiger partial charge in [-0.15, -0.1) is 5.10 Å². The van der Waals surface area contributed by atoms with Gasteiger partial charge in [0.2, 0.25) is 0 Å². The molecular weight excluding hydrogens is 452 g/mol. The first-order chi connectivity index (χ1) is 16.6. The Bertz CT molecular complexity index is 1310. The first kappa shape index (κ1) is 21.6. The average Bonchev–Trinajstić information content (AvgIpc) is 3.55. The van der Waals surface area contributed by atoms with E-state index in [2.05, 4.69) is 61.6 Å². The zero-order valence-electron chi connectivity index (χ0n) is 18.7. The number of fused-ring (bicyclic) bond motifs is 4. The summed E-state index contributed by atoms with van der Waals surface area (Å²) in [5, 5.41) is 36.3. The van der Waals surface area contributed by atoms with Crippen LogP contribution in [-0.4, -0.2) is 71.3 Å². The van der Waals surface area contributed by atoms with Crippen molar-refractivity contribution in [2.24, 2.45) is 4.99 Å². The summed E-state index contributed by atoms with van der Waals surface area (Å²) in [4.78, 5) is 4.36. The molecule has 10 heteroatoms. The molecule has 2 saturated heterocycles. The molecule has 0 saturated carbocycles. The third-order valence-corrected chi connectivity index (χ3v) is 7.58. The number of benzene rings is 2. The first-order valence-electron chi connectivity index (χ1n) is 11.5. The minimum Gasteiger partial charge on any atom is -0.388 e. The molecule has 0 aliphatic carbocycles. The van der Waals surface area contributed by atoms with E-state index in [1.54, 1.807) is 4.68 Å². The smallest absolute Gasteiger partial charge is 0.159 e. The highest BCUT2D eigenvalue weighted by molar-refractivity contribution is 8.14. The number of hydrogen-bond donors (Lipinski definition) is 3. The Hall–Kier alpha value is -2.92. The van der Waals surface area contributed by atoms with Gasteiger partial charge in [-0.25, -0.2) is 4.68 Å². The van der Waals surface area contributed by atoms with Crippen LogP contribution in [0.5, 0.6) is 0 Å². The molecule has 2 fully saturated rings. The van der Waals surface area contributed by atoms with Gasteiger partial charge in [0, 0.05) is 28.4 Å². The molecule has 0 amide bonds. The molecule has 2 aromatic heterocycles. The van der Waals surface area contributed by atoms with E-state index < -0.39 is 18.3 Å². The monoisotopic (exact) mass is 478 g/mol. The predicted molar refractivity (Wildman–Crippen MR) is 132 cm³/mol. The van der Waals surface area contributed by atoms with Crippen LogP contribution in [0.1, 0.15) is 12.6 Å². The highest BCUT2D eigenvalue weighted by Crippen LogP contribution is 2.34. The number of aliphatic hydroxyl groups excluding tert-OH is 2. The lowest BCUT2D eigenvalue weighted by Gasteiger charge is -2.38. The van der Waals surface area contributed by atoms with E-state index in [4.69, 9.17) is 4.74 Å². The van der Waals surface area contributed by atoms with E-state index in [9.17, 15) is 10.2 Å². The van der Waals surface area contributed by atoms with Crippen LogP contribution in [0.25, 0.3) is 21.8 Å². The van der Waals surface area contributed by atoms with Crippen LogP contribution < -0.4 is 5.32 Å². The Morgan fingerprint density at radius 2 is 1.76 bits per heavy atom. The molecule has 0 bridgehead atoms. The Labute approximate surface area is 200 Å². The lowest BCUT2D eigenvalue weighted by atomic mass is 9.98. The van der Waals surface area contributed by atoms with Crippen LogP contribution in [-0.2, 0) is 17.8 Å². The second-order valence-corrected chi connectivity index (χ2v) is 9.73. The fourth-order valence-electron chi connectivity index (χ4n) is 4.87. The van der Waals surface area contributed by atoms with Gasteiger partial charge in [0.25, 0.3) is 0 Å². The molecule has 176 valence electrons. The molecule has 5 atom stereocenters. The number of nitrogens with zero attached hydrogens (tertiary/aromatic N) is 5. The third kappa shape index (κ3) is 3.67. The molecule has 3 N–H and O–H groups in total. The molecule has 4 heterocycles. The number of aliphatic hydroxyl groups is 2. The average molecular weight is 479 g/mol. The molecule has 2 aromatic carbocycles. The molecule has 0 spiro atoms. The summed E-state index contributed by atoms with van der Waals surface area (Å²) in [5.41, 5.74) is 2.79. The fraction of sp³-hybridized carbons (Fsp3) is 0.375. The number of ether oxygens (including phenoxy) is 1. The van der Waals surface area contributed by atoms with Gasteiger partial charge >= 0.3 is 0 Å². The van der Waals surface area contributed by atoms with Crippen molar-refractivity contribution in [2.45, 2.75) is 49.8 Å². The van der Waals surface area contributed by atoms with Crippen molar-refractivity contribution in [3.05, 3.63) is 60.4 Å². The highest BCUT2D eigenvalue weighted by Gasteiger charge is 2.49. The van der Waals surface area contributed by atoms with Crippen molar-refractivity contribution in [1.82, 2.24) is 24.9 Å². The second kappa shape index (κ2) is 8.70. The zero-order valence-corrected chi connectivity index (χ0v) is 19.5. The van der Waals surface area contributed by atoms with Gasteiger partial charge < -0.3 is 24.8 Å². The largest absolute Gasteiger partial charge is 0.388 e. The van der Waals surface area contributed by atoms with Crippen LogP contribution in [0.15, 0.2) is 59.7 Å². The van der Waals surface area contributed by atoms with Crippen LogP contribution >= 0.6 is 11.8 Å². The second-order valence-electron chi connectivity index (χ2n) is 8.64. The van der Waals surface area contributed by atoms with Crippen molar-refractivity contribution in [3.8, 4) is 0 Å². The number of aromatic nitrogens is 4. The quantitative estimate of drug-likeness (QED) is 0.402. The van der Waals surface area contributed by atoms with Crippen LogP contribution in [0.3, 0.4) is 0 Å². The number of rotatable bonds is 5. The number of hydrogen-bond acceptors (Lipinski definition) is 7. The molecule has 5 unspecified atom stereocenters. The van der Waals surface area contributed by atoms with Gasteiger partial charge in [-0.1, -0.05) is 53.4 Å².